The van der Waals surface area contributed by atoms with Crippen molar-refractivity contribution < 1.29 is 4.74 Å². The quantitative estimate of drug-likeness (QED) is 0.305. The fraction of sp³-hybridized carbons (Fsp3) is 0.258. The van der Waals surface area contributed by atoms with E-state index in [4.69, 9.17) is 9.72 Å². The van der Waals surface area contributed by atoms with E-state index in [0.717, 1.165) is 36.7 Å². The number of nitrogens with zero attached hydrogens (tertiary/aromatic N) is 3. The molecule has 0 radical (unpaired) electrons. The first-order valence-corrected chi connectivity index (χ1v) is 12.6. The van der Waals surface area contributed by atoms with Gasteiger partial charge in [0.1, 0.15) is 11.5 Å². The lowest BCUT2D eigenvalue weighted by Crippen LogP contribution is -2.31. The van der Waals surface area contributed by atoms with Gasteiger partial charge in [-0.25, -0.2) is 0 Å². The largest absolute Gasteiger partial charge is 0.457 e. The van der Waals surface area contributed by atoms with Crippen molar-refractivity contribution in [1.29, 1.82) is 0 Å². The third kappa shape index (κ3) is 4.03. The van der Waals surface area contributed by atoms with Crippen molar-refractivity contribution in [2.24, 2.45) is 0 Å². The molecule has 0 atom stereocenters. The summed E-state index contributed by atoms with van der Waals surface area (Å²) in [6.07, 6.45) is 7.94. The first-order chi connectivity index (χ1) is 17.2. The van der Waals surface area contributed by atoms with Crippen LogP contribution in [0.4, 0.5) is 17.1 Å². The van der Waals surface area contributed by atoms with Crippen molar-refractivity contribution >= 4 is 17.1 Å². The maximum atomic E-state index is 6.45. The first kappa shape index (κ1) is 21.7. The van der Waals surface area contributed by atoms with Crippen molar-refractivity contribution in [1.82, 2.24) is 4.98 Å². The van der Waals surface area contributed by atoms with Gasteiger partial charge in [-0.1, -0.05) is 55.7 Å². The second kappa shape index (κ2) is 9.10. The average Bonchev–Trinajstić information content (AvgIpc) is 3.26. The van der Waals surface area contributed by atoms with E-state index < -0.39 is 0 Å². The maximum Gasteiger partial charge on any atom is 0.129 e. The lowest BCUT2D eigenvalue weighted by molar-refractivity contribution is 0.337. The maximum absolute atomic E-state index is 6.45. The molecule has 3 aromatic carbocycles. The van der Waals surface area contributed by atoms with Gasteiger partial charge in [-0.05, 0) is 66.9 Å². The fourth-order valence-corrected chi connectivity index (χ4v) is 5.80. The summed E-state index contributed by atoms with van der Waals surface area (Å²) < 4.78 is 6.45. The zero-order valence-corrected chi connectivity index (χ0v) is 20.2. The molecule has 0 bridgehead atoms. The first-order valence-electron chi connectivity index (χ1n) is 12.6. The zero-order valence-electron chi connectivity index (χ0n) is 20.2. The summed E-state index contributed by atoms with van der Waals surface area (Å²) in [4.78, 5) is 9.40. The Morgan fingerprint density at radius 2 is 1.49 bits per heavy atom. The second-order valence-electron chi connectivity index (χ2n) is 9.74. The summed E-state index contributed by atoms with van der Waals surface area (Å²) in [5.41, 5.74) is 6.05. The highest BCUT2D eigenvalue weighted by atomic mass is 16.5. The molecule has 0 unspecified atom stereocenters. The molecule has 1 aliphatic heterocycles. The van der Waals surface area contributed by atoms with Crippen LogP contribution in [0.5, 0.6) is 11.5 Å². The van der Waals surface area contributed by atoms with E-state index in [1.807, 2.05) is 18.3 Å². The molecule has 1 fully saturated rings. The topological polar surface area (TPSA) is 28.6 Å². The molecule has 1 aromatic heterocycles. The smallest absolute Gasteiger partial charge is 0.129 e. The number of benzene rings is 3. The predicted octanol–water partition coefficient (Wildman–Crippen LogP) is 7.67. The number of fused-ring (bicyclic) bond motifs is 1. The normalized spacial score (nSPS) is 16.7. The molecule has 6 rings (SSSR count). The highest BCUT2D eigenvalue weighted by molar-refractivity contribution is 5.82. The number of aromatic nitrogens is 1. The van der Waals surface area contributed by atoms with Crippen LogP contribution in [-0.4, -0.2) is 18.7 Å². The van der Waals surface area contributed by atoms with Crippen LogP contribution in [-0.2, 0) is 5.41 Å². The van der Waals surface area contributed by atoms with Crippen molar-refractivity contribution in [2.45, 2.75) is 37.5 Å². The van der Waals surface area contributed by atoms with Gasteiger partial charge >= 0.3 is 0 Å². The van der Waals surface area contributed by atoms with Gasteiger partial charge in [0, 0.05) is 30.4 Å². The summed E-state index contributed by atoms with van der Waals surface area (Å²) in [6, 6.07) is 31.9. The molecule has 4 aromatic rings. The molecule has 0 saturated heterocycles. The number of ether oxygens (including phenoxy) is 1. The van der Waals surface area contributed by atoms with E-state index >= 15 is 0 Å². The lowest BCUT2D eigenvalue weighted by atomic mass is 9.67. The summed E-state index contributed by atoms with van der Waals surface area (Å²) in [6.45, 7) is 0.824. The summed E-state index contributed by atoms with van der Waals surface area (Å²) in [5, 5.41) is 0. The van der Waals surface area contributed by atoms with Crippen LogP contribution in [0.3, 0.4) is 0 Å². The Balaban J connectivity index is 1.30. The van der Waals surface area contributed by atoms with Gasteiger partial charge in [0.25, 0.3) is 0 Å². The molecule has 1 saturated carbocycles. The monoisotopic (exact) mass is 461 g/mol. The summed E-state index contributed by atoms with van der Waals surface area (Å²) in [7, 11) is 2.13. The van der Waals surface area contributed by atoms with E-state index in [2.05, 4.69) is 95.7 Å². The Morgan fingerprint density at radius 3 is 2.29 bits per heavy atom. The highest BCUT2D eigenvalue weighted by Crippen LogP contribution is 2.45. The number of rotatable bonds is 5. The molecular formula is C31H31N3O. The molecule has 4 nitrogen and oxygen atoms in total. The molecule has 2 aliphatic rings. The Bertz CT molecular complexity index is 1310. The van der Waals surface area contributed by atoms with Crippen LogP contribution in [0.2, 0.25) is 0 Å². The van der Waals surface area contributed by atoms with Crippen LogP contribution in [0.15, 0.2) is 97.2 Å². The molecule has 0 amide bonds. The third-order valence-corrected chi connectivity index (χ3v) is 7.55. The van der Waals surface area contributed by atoms with Gasteiger partial charge in [0.05, 0.1) is 23.7 Å². The number of hydrogen-bond acceptors (Lipinski definition) is 4. The van der Waals surface area contributed by atoms with Crippen LogP contribution in [0.25, 0.3) is 0 Å². The van der Waals surface area contributed by atoms with E-state index in [0.29, 0.717) is 0 Å². The molecule has 176 valence electrons. The molecule has 0 N–H and O–H groups in total. The van der Waals surface area contributed by atoms with Crippen LogP contribution in [0, 0.1) is 0 Å². The van der Waals surface area contributed by atoms with Crippen LogP contribution in [0.1, 0.15) is 43.4 Å². The van der Waals surface area contributed by atoms with Gasteiger partial charge in [0.15, 0.2) is 0 Å². The van der Waals surface area contributed by atoms with Gasteiger partial charge in [-0.15, -0.1) is 0 Å². The predicted molar refractivity (Wildman–Crippen MR) is 143 cm³/mol. The van der Waals surface area contributed by atoms with Crippen molar-refractivity contribution in [3.05, 3.63) is 108 Å². The van der Waals surface area contributed by atoms with Crippen molar-refractivity contribution in [3.63, 3.8) is 0 Å². The molecule has 2 heterocycles. The highest BCUT2D eigenvalue weighted by Gasteiger charge is 2.37. The minimum atomic E-state index is -0.0371. The number of anilines is 3. The third-order valence-electron chi connectivity index (χ3n) is 7.55. The summed E-state index contributed by atoms with van der Waals surface area (Å²) in [5.74, 6) is 1.72. The minimum absolute atomic E-state index is 0.0371. The van der Waals surface area contributed by atoms with Crippen LogP contribution >= 0.6 is 0 Å². The van der Waals surface area contributed by atoms with Gasteiger partial charge in [0.2, 0.25) is 0 Å². The van der Waals surface area contributed by atoms with E-state index in [-0.39, 0.29) is 5.41 Å². The Kier molecular flexibility index (Phi) is 5.65. The zero-order chi connectivity index (χ0) is 23.7. The lowest BCUT2D eigenvalue weighted by Gasteiger charge is -2.37. The SMILES string of the molecule is CN1CN(c2cccc(Oc3cccc(C4(c5ccccn5)CCCCC4)c3)c2)c2ccccc21. The number of pyridine rings is 1. The van der Waals surface area contributed by atoms with Crippen molar-refractivity contribution in [2.75, 3.05) is 23.5 Å². The Morgan fingerprint density at radius 1 is 0.743 bits per heavy atom. The van der Waals surface area contributed by atoms with Crippen LogP contribution < -0.4 is 14.5 Å². The van der Waals surface area contributed by atoms with E-state index in [1.54, 1.807) is 0 Å². The number of hydrogen-bond donors (Lipinski definition) is 0. The Hall–Kier alpha value is -3.79. The van der Waals surface area contributed by atoms with E-state index in [9.17, 15) is 0 Å². The van der Waals surface area contributed by atoms with Gasteiger partial charge < -0.3 is 14.5 Å². The molecular weight excluding hydrogens is 430 g/mol. The molecule has 4 heteroatoms. The summed E-state index contributed by atoms with van der Waals surface area (Å²) >= 11 is 0. The minimum Gasteiger partial charge on any atom is -0.457 e. The standard InChI is InChI=1S/C31H31N3O/c1-33-23-34(29-16-4-3-15-28(29)33)25-12-10-14-27(22-25)35-26-13-9-11-24(21-26)31(18-6-2-7-19-31)30-17-5-8-20-32-30/h3-5,8-17,20-22H,2,6-7,18-19,23H2,1H3. The van der Waals surface area contributed by atoms with Crippen molar-refractivity contribution in [3.8, 4) is 11.5 Å². The average molecular weight is 462 g/mol. The molecule has 1 aliphatic carbocycles. The second-order valence-corrected chi connectivity index (χ2v) is 9.74. The molecule has 0 spiro atoms. The number of para-hydroxylation sites is 2. The molecule has 35 heavy (non-hydrogen) atoms. The van der Waals surface area contributed by atoms with Gasteiger partial charge in [-0.2, -0.15) is 0 Å². The Labute approximate surface area is 207 Å². The van der Waals surface area contributed by atoms with E-state index in [1.165, 1.54) is 41.9 Å². The fourth-order valence-electron chi connectivity index (χ4n) is 5.80. The van der Waals surface area contributed by atoms with Gasteiger partial charge in [-0.3, -0.25) is 4.98 Å².